The standard InChI is InChI=1S/C13H16N2O5/c14-13(3-5-20-6-4-13)12(19)15-8-1-2-9(11(17)18)10(16)7-8/h1-2,7,16H,3-6,14H2,(H,15,19)(H,17,18). The molecule has 7 heteroatoms. The number of anilines is 1. The molecular formula is C13H16N2O5. The number of hydrogen-bond acceptors (Lipinski definition) is 5. The number of carbonyl (C=O) groups excluding carboxylic acids is 1. The first-order chi connectivity index (χ1) is 9.42. The number of nitrogens with one attached hydrogen (secondary N) is 1. The van der Waals surface area contributed by atoms with Gasteiger partial charge in [-0.1, -0.05) is 0 Å². The molecule has 1 aromatic rings. The fourth-order valence-electron chi connectivity index (χ4n) is 2.01. The van der Waals surface area contributed by atoms with Crippen LogP contribution in [0.3, 0.4) is 0 Å². The Morgan fingerprint density at radius 2 is 1.95 bits per heavy atom. The lowest BCUT2D eigenvalue weighted by Crippen LogP contribution is -2.54. The van der Waals surface area contributed by atoms with Crippen molar-refractivity contribution in [2.45, 2.75) is 18.4 Å². The summed E-state index contributed by atoms with van der Waals surface area (Å²) in [6.45, 7) is 0.847. The molecule has 0 atom stereocenters. The largest absolute Gasteiger partial charge is 0.507 e. The molecule has 0 aromatic heterocycles. The third-order valence-corrected chi connectivity index (χ3v) is 3.32. The summed E-state index contributed by atoms with van der Waals surface area (Å²) in [4.78, 5) is 22.9. The lowest BCUT2D eigenvalue weighted by atomic mass is 9.90. The quantitative estimate of drug-likeness (QED) is 0.641. The SMILES string of the molecule is NC1(C(=O)Nc2ccc(C(=O)O)c(O)c2)CCOCC1. The molecule has 0 saturated carbocycles. The maximum absolute atomic E-state index is 12.1. The van der Waals surface area contributed by atoms with Crippen molar-refractivity contribution < 1.29 is 24.5 Å². The highest BCUT2D eigenvalue weighted by Gasteiger charge is 2.35. The van der Waals surface area contributed by atoms with E-state index in [1.54, 1.807) is 0 Å². The maximum Gasteiger partial charge on any atom is 0.339 e. The van der Waals surface area contributed by atoms with Crippen LogP contribution >= 0.6 is 0 Å². The van der Waals surface area contributed by atoms with Crippen LogP contribution in [0.15, 0.2) is 18.2 Å². The van der Waals surface area contributed by atoms with Gasteiger partial charge >= 0.3 is 5.97 Å². The molecule has 7 nitrogen and oxygen atoms in total. The number of hydrogen-bond donors (Lipinski definition) is 4. The van der Waals surface area contributed by atoms with Crippen molar-refractivity contribution in [1.82, 2.24) is 0 Å². The van der Waals surface area contributed by atoms with Gasteiger partial charge in [0.05, 0.1) is 0 Å². The molecule has 20 heavy (non-hydrogen) atoms. The topological polar surface area (TPSA) is 122 Å². The molecule has 1 aliphatic heterocycles. The Bertz CT molecular complexity index is 538. The third kappa shape index (κ3) is 2.89. The van der Waals surface area contributed by atoms with E-state index in [1.807, 2.05) is 0 Å². The summed E-state index contributed by atoms with van der Waals surface area (Å²) in [7, 11) is 0. The number of carbonyl (C=O) groups is 2. The van der Waals surface area contributed by atoms with Crippen molar-refractivity contribution in [3.63, 3.8) is 0 Å². The number of amides is 1. The summed E-state index contributed by atoms with van der Waals surface area (Å²) in [5, 5.41) is 21.0. The van der Waals surface area contributed by atoms with E-state index in [2.05, 4.69) is 5.32 Å². The van der Waals surface area contributed by atoms with E-state index in [0.29, 0.717) is 31.7 Å². The van der Waals surface area contributed by atoms with Crippen molar-refractivity contribution in [3.05, 3.63) is 23.8 Å². The zero-order valence-electron chi connectivity index (χ0n) is 10.8. The molecule has 1 aliphatic rings. The second-order valence-corrected chi connectivity index (χ2v) is 4.76. The monoisotopic (exact) mass is 280 g/mol. The van der Waals surface area contributed by atoms with E-state index in [1.165, 1.54) is 18.2 Å². The third-order valence-electron chi connectivity index (χ3n) is 3.32. The van der Waals surface area contributed by atoms with E-state index in [9.17, 15) is 14.7 Å². The van der Waals surface area contributed by atoms with Crippen molar-refractivity contribution in [2.75, 3.05) is 18.5 Å². The first kappa shape index (κ1) is 14.3. The number of benzene rings is 1. The van der Waals surface area contributed by atoms with Gasteiger partial charge in [-0.2, -0.15) is 0 Å². The van der Waals surface area contributed by atoms with Crippen LogP contribution in [0.1, 0.15) is 23.2 Å². The first-order valence-corrected chi connectivity index (χ1v) is 6.17. The van der Waals surface area contributed by atoms with Crippen LogP contribution in [0.25, 0.3) is 0 Å². The molecule has 0 bridgehead atoms. The highest BCUT2D eigenvalue weighted by Crippen LogP contribution is 2.24. The number of aromatic carboxylic acids is 1. The van der Waals surface area contributed by atoms with E-state index < -0.39 is 17.3 Å². The summed E-state index contributed by atoms with van der Waals surface area (Å²) in [6, 6.07) is 3.81. The van der Waals surface area contributed by atoms with Gasteiger partial charge in [0.25, 0.3) is 0 Å². The fourth-order valence-corrected chi connectivity index (χ4v) is 2.01. The summed E-state index contributed by atoms with van der Waals surface area (Å²) in [6.07, 6.45) is 0.829. The lowest BCUT2D eigenvalue weighted by molar-refractivity contribution is -0.124. The van der Waals surface area contributed by atoms with Crippen LogP contribution in [0, 0.1) is 0 Å². The number of aromatic hydroxyl groups is 1. The van der Waals surface area contributed by atoms with Crippen LogP contribution < -0.4 is 11.1 Å². The van der Waals surface area contributed by atoms with Gasteiger partial charge in [0.15, 0.2) is 0 Å². The minimum atomic E-state index is -1.24. The number of nitrogens with two attached hydrogens (primary N) is 1. The molecule has 1 amide bonds. The van der Waals surface area contributed by atoms with E-state index >= 15 is 0 Å². The van der Waals surface area contributed by atoms with Gasteiger partial charge in [-0.05, 0) is 25.0 Å². The molecule has 0 radical (unpaired) electrons. The van der Waals surface area contributed by atoms with Gasteiger partial charge in [0.1, 0.15) is 16.9 Å². The van der Waals surface area contributed by atoms with Crippen molar-refractivity contribution in [2.24, 2.45) is 5.73 Å². The number of carboxylic acid groups (broad SMARTS) is 1. The normalized spacial score (nSPS) is 17.4. The fraction of sp³-hybridized carbons (Fsp3) is 0.385. The van der Waals surface area contributed by atoms with Gasteiger partial charge in [0, 0.05) is 25.0 Å². The molecule has 5 N–H and O–H groups in total. The van der Waals surface area contributed by atoms with Gasteiger partial charge in [-0.15, -0.1) is 0 Å². The first-order valence-electron chi connectivity index (χ1n) is 6.17. The minimum Gasteiger partial charge on any atom is -0.507 e. The Balaban J connectivity index is 2.12. The summed E-state index contributed by atoms with van der Waals surface area (Å²) in [5.41, 5.74) is 5.09. The average molecular weight is 280 g/mol. The van der Waals surface area contributed by atoms with Crippen LogP contribution in [-0.2, 0) is 9.53 Å². The van der Waals surface area contributed by atoms with Crippen LogP contribution in [-0.4, -0.2) is 40.8 Å². The van der Waals surface area contributed by atoms with Crippen molar-refractivity contribution in [3.8, 4) is 5.75 Å². The molecular weight excluding hydrogens is 264 g/mol. The maximum atomic E-state index is 12.1. The molecule has 1 saturated heterocycles. The molecule has 2 rings (SSSR count). The predicted molar refractivity (Wildman–Crippen MR) is 70.7 cm³/mol. The van der Waals surface area contributed by atoms with Crippen LogP contribution in [0.4, 0.5) is 5.69 Å². The summed E-state index contributed by atoms with van der Waals surface area (Å²) in [5.74, 6) is -2.02. The second-order valence-electron chi connectivity index (χ2n) is 4.76. The van der Waals surface area contributed by atoms with Gasteiger partial charge in [0.2, 0.25) is 5.91 Å². The summed E-state index contributed by atoms with van der Waals surface area (Å²) < 4.78 is 5.16. The Morgan fingerprint density at radius 1 is 1.30 bits per heavy atom. The molecule has 1 fully saturated rings. The molecule has 0 unspecified atom stereocenters. The van der Waals surface area contributed by atoms with Gasteiger partial charge in [-0.3, -0.25) is 4.79 Å². The highest BCUT2D eigenvalue weighted by molar-refractivity contribution is 5.99. The number of rotatable bonds is 3. The number of carboxylic acids is 1. The Labute approximate surface area is 115 Å². The smallest absolute Gasteiger partial charge is 0.339 e. The Kier molecular flexibility index (Phi) is 3.91. The highest BCUT2D eigenvalue weighted by atomic mass is 16.5. The molecule has 108 valence electrons. The molecule has 0 spiro atoms. The zero-order chi connectivity index (χ0) is 14.8. The zero-order valence-corrected chi connectivity index (χ0v) is 10.8. The average Bonchev–Trinajstić information content (AvgIpc) is 2.39. The Hall–Kier alpha value is -2.12. The van der Waals surface area contributed by atoms with Gasteiger partial charge < -0.3 is 26.0 Å². The number of ether oxygens (including phenoxy) is 1. The predicted octanol–water partition coefficient (Wildman–Crippen LogP) is 0.537. The van der Waals surface area contributed by atoms with E-state index in [4.69, 9.17) is 15.6 Å². The van der Waals surface area contributed by atoms with E-state index in [-0.39, 0.29) is 11.5 Å². The second kappa shape index (κ2) is 5.48. The van der Waals surface area contributed by atoms with E-state index in [0.717, 1.165) is 0 Å². The molecule has 1 heterocycles. The molecule has 1 aromatic carbocycles. The van der Waals surface area contributed by atoms with Crippen LogP contribution in [0.2, 0.25) is 0 Å². The van der Waals surface area contributed by atoms with Crippen molar-refractivity contribution >= 4 is 17.6 Å². The minimum absolute atomic E-state index is 0.225. The molecule has 0 aliphatic carbocycles. The summed E-state index contributed by atoms with van der Waals surface area (Å²) >= 11 is 0. The Morgan fingerprint density at radius 3 is 2.50 bits per heavy atom. The lowest BCUT2D eigenvalue weighted by Gasteiger charge is -2.31. The van der Waals surface area contributed by atoms with Crippen LogP contribution in [0.5, 0.6) is 5.75 Å². The number of phenols is 1. The van der Waals surface area contributed by atoms with Crippen molar-refractivity contribution in [1.29, 1.82) is 0 Å². The van der Waals surface area contributed by atoms with Gasteiger partial charge in [-0.25, -0.2) is 4.79 Å².